The molecule has 0 aliphatic carbocycles. The third kappa shape index (κ3) is 5.80. The number of carbonyl (C=O) groups excluding carboxylic acids is 2. The molecule has 2 aromatic carbocycles. The number of hydrogen-bond donors (Lipinski definition) is 3. The minimum atomic E-state index is -0.398. The van der Waals surface area contributed by atoms with E-state index in [0.717, 1.165) is 5.56 Å². The number of hydrogen-bond acceptors (Lipinski definition) is 3. The molecular formula is C18H20FN3O3. The first-order valence-electron chi connectivity index (χ1n) is 7.77. The Balaban J connectivity index is 1.67. The second-order valence-corrected chi connectivity index (χ2v) is 5.18. The van der Waals surface area contributed by atoms with E-state index in [1.54, 1.807) is 7.11 Å². The number of ether oxygens (including phenoxy) is 1. The lowest BCUT2D eigenvalue weighted by molar-refractivity contribution is 0.0954. The molecule has 25 heavy (non-hydrogen) atoms. The third-order valence-corrected chi connectivity index (χ3v) is 3.43. The van der Waals surface area contributed by atoms with E-state index in [2.05, 4.69) is 16.0 Å². The van der Waals surface area contributed by atoms with Crippen LogP contribution in [0.4, 0.5) is 9.18 Å². The molecule has 0 bridgehead atoms. The summed E-state index contributed by atoms with van der Waals surface area (Å²) in [6.07, 6.45) is 0. The summed E-state index contributed by atoms with van der Waals surface area (Å²) in [5.41, 5.74) is 1.23. The van der Waals surface area contributed by atoms with Gasteiger partial charge in [0.2, 0.25) is 0 Å². The number of amides is 3. The van der Waals surface area contributed by atoms with E-state index in [0.29, 0.717) is 17.9 Å². The van der Waals surface area contributed by atoms with E-state index in [9.17, 15) is 14.0 Å². The van der Waals surface area contributed by atoms with Crippen LogP contribution in [0.15, 0.2) is 48.5 Å². The highest BCUT2D eigenvalue weighted by molar-refractivity contribution is 5.94. The van der Waals surface area contributed by atoms with Gasteiger partial charge in [-0.1, -0.05) is 18.2 Å². The van der Waals surface area contributed by atoms with Crippen molar-refractivity contribution in [3.05, 3.63) is 65.5 Å². The van der Waals surface area contributed by atoms with Crippen molar-refractivity contribution in [3.63, 3.8) is 0 Å². The second-order valence-electron chi connectivity index (χ2n) is 5.18. The second kappa shape index (κ2) is 9.27. The van der Waals surface area contributed by atoms with Gasteiger partial charge in [0.1, 0.15) is 11.6 Å². The van der Waals surface area contributed by atoms with Gasteiger partial charge < -0.3 is 20.7 Å². The fourth-order valence-corrected chi connectivity index (χ4v) is 2.14. The molecule has 2 aromatic rings. The Kier molecular flexibility index (Phi) is 6.76. The van der Waals surface area contributed by atoms with Gasteiger partial charge in [0.25, 0.3) is 5.91 Å². The lowest BCUT2D eigenvalue weighted by Crippen LogP contribution is -2.40. The van der Waals surface area contributed by atoms with E-state index in [1.165, 1.54) is 24.3 Å². The van der Waals surface area contributed by atoms with Crippen molar-refractivity contribution in [2.45, 2.75) is 6.54 Å². The van der Waals surface area contributed by atoms with Crippen LogP contribution in [0.5, 0.6) is 5.75 Å². The summed E-state index contributed by atoms with van der Waals surface area (Å²) < 4.78 is 18.0. The number of urea groups is 1. The van der Waals surface area contributed by atoms with Crippen LogP contribution in [0.2, 0.25) is 0 Å². The van der Waals surface area contributed by atoms with Gasteiger partial charge in [-0.25, -0.2) is 9.18 Å². The maximum absolute atomic E-state index is 12.8. The largest absolute Gasteiger partial charge is 0.496 e. The molecule has 3 amide bonds. The van der Waals surface area contributed by atoms with Crippen molar-refractivity contribution in [1.82, 2.24) is 16.0 Å². The van der Waals surface area contributed by atoms with Gasteiger partial charge in [-0.15, -0.1) is 0 Å². The zero-order chi connectivity index (χ0) is 18.1. The van der Waals surface area contributed by atoms with Crippen LogP contribution in [0.3, 0.4) is 0 Å². The molecule has 0 atom stereocenters. The number of nitrogens with one attached hydrogen (secondary N) is 3. The van der Waals surface area contributed by atoms with Crippen LogP contribution in [0.1, 0.15) is 15.9 Å². The number of carbonyl (C=O) groups is 2. The average Bonchev–Trinajstić information content (AvgIpc) is 2.64. The molecule has 2 rings (SSSR count). The summed E-state index contributed by atoms with van der Waals surface area (Å²) >= 11 is 0. The molecule has 0 aromatic heterocycles. The summed E-state index contributed by atoms with van der Waals surface area (Å²) in [6.45, 7) is 0.862. The number of benzene rings is 2. The molecule has 6 nitrogen and oxygen atoms in total. The number of rotatable bonds is 7. The molecule has 0 aliphatic rings. The van der Waals surface area contributed by atoms with Crippen LogP contribution < -0.4 is 20.7 Å². The quantitative estimate of drug-likeness (QED) is 0.672. The Morgan fingerprint density at radius 1 is 0.960 bits per heavy atom. The fourth-order valence-electron chi connectivity index (χ4n) is 2.14. The smallest absolute Gasteiger partial charge is 0.315 e. The van der Waals surface area contributed by atoms with Crippen LogP contribution in [-0.2, 0) is 6.54 Å². The molecule has 3 N–H and O–H groups in total. The highest BCUT2D eigenvalue weighted by Gasteiger charge is 2.06. The molecule has 0 radical (unpaired) electrons. The van der Waals surface area contributed by atoms with Gasteiger partial charge in [0, 0.05) is 30.8 Å². The van der Waals surface area contributed by atoms with Crippen LogP contribution in [0.25, 0.3) is 0 Å². The van der Waals surface area contributed by atoms with E-state index in [1.807, 2.05) is 24.3 Å². The zero-order valence-corrected chi connectivity index (χ0v) is 13.8. The molecule has 0 unspecified atom stereocenters. The molecule has 132 valence electrons. The van der Waals surface area contributed by atoms with Crippen LogP contribution in [0, 0.1) is 5.82 Å². The Labute approximate surface area is 145 Å². The average molecular weight is 345 g/mol. The standard InChI is InChI=1S/C18H20FN3O3/c1-25-16-5-3-2-4-14(16)12-22-18(24)21-11-10-20-17(23)13-6-8-15(19)9-7-13/h2-9H,10-12H2,1H3,(H,20,23)(H2,21,22,24). The monoisotopic (exact) mass is 345 g/mol. The highest BCUT2D eigenvalue weighted by atomic mass is 19.1. The Morgan fingerprint density at radius 3 is 2.36 bits per heavy atom. The minimum absolute atomic E-state index is 0.262. The summed E-state index contributed by atoms with van der Waals surface area (Å²) in [7, 11) is 1.57. The normalized spacial score (nSPS) is 10.0. The van der Waals surface area contributed by atoms with Crippen molar-refractivity contribution < 1.29 is 18.7 Å². The SMILES string of the molecule is COc1ccccc1CNC(=O)NCCNC(=O)c1ccc(F)cc1. The predicted octanol–water partition coefficient (Wildman–Crippen LogP) is 2.06. The summed E-state index contributed by atoms with van der Waals surface area (Å²) in [5, 5.41) is 8.00. The Bertz CT molecular complexity index is 720. The first kappa shape index (κ1) is 18.3. The van der Waals surface area contributed by atoms with E-state index < -0.39 is 5.82 Å². The molecule has 0 heterocycles. The first-order chi connectivity index (χ1) is 12.1. The van der Waals surface area contributed by atoms with Gasteiger partial charge in [0.15, 0.2) is 0 Å². The number of para-hydroxylation sites is 1. The topological polar surface area (TPSA) is 79.5 Å². The predicted molar refractivity (Wildman–Crippen MR) is 92.0 cm³/mol. The maximum Gasteiger partial charge on any atom is 0.315 e. The van der Waals surface area contributed by atoms with E-state index in [4.69, 9.17) is 4.74 Å². The Hall–Kier alpha value is -3.09. The number of halogens is 1. The molecule has 0 aliphatic heterocycles. The first-order valence-corrected chi connectivity index (χ1v) is 7.77. The highest BCUT2D eigenvalue weighted by Crippen LogP contribution is 2.16. The lowest BCUT2D eigenvalue weighted by atomic mass is 10.2. The van der Waals surface area contributed by atoms with Crippen molar-refractivity contribution in [3.8, 4) is 5.75 Å². The summed E-state index contributed by atoms with van der Waals surface area (Å²) in [5.74, 6) is -0.0180. The minimum Gasteiger partial charge on any atom is -0.496 e. The van der Waals surface area contributed by atoms with Gasteiger partial charge in [0.05, 0.1) is 7.11 Å². The molecule has 0 saturated heterocycles. The van der Waals surface area contributed by atoms with Crippen LogP contribution >= 0.6 is 0 Å². The molecule has 0 fully saturated rings. The van der Waals surface area contributed by atoms with Crippen molar-refractivity contribution in [2.24, 2.45) is 0 Å². The van der Waals surface area contributed by atoms with Gasteiger partial charge >= 0.3 is 6.03 Å². The molecule has 0 saturated carbocycles. The molecule has 0 spiro atoms. The fraction of sp³-hybridized carbons (Fsp3) is 0.222. The van der Waals surface area contributed by atoms with E-state index in [-0.39, 0.29) is 25.0 Å². The molecular weight excluding hydrogens is 325 g/mol. The van der Waals surface area contributed by atoms with Gasteiger partial charge in [-0.05, 0) is 30.3 Å². The number of methoxy groups -OCH3 is 1. The van der Waals surface area contributed by atoms with Crippen molar-refractivity contribution in [1.29, 1.82) is 0 Å². The van der Waals surface area contributed by atoms with Crippen LogP contribution in [-0.4, -0.2) is 32.1 Å². The molecule has 7 heteroatoms. The van der Waals surface area contributed by atoms with Crippen molar-refractivity contribution >= 4 is 11.9 Å². The maximum atomic E-state index is 12.8. The lowest BCUT2D eigenvalue weighted by Gasteiger charge is -2.11. The summed E-state index contributed by atoms with van der Waals surface area (Å²) in [4.78, 5) is 23.6. The van der Waals surface area contributed by atoms with Gasteiger partial charge in [-0.2, -0.15) is 0 Å². The summed E-state index contributed by atoms with van der Waals surface area (Å²) in [6, 6.07) is 12.3. The third-order valence-electron chi connectivity index (χ3n) is 3.43. The van der Waals surface area contributed by atoms with Crippen molar-refractivity contribution in [2.75, 3.05) is 20.2 Å². The Morgan fingerprint density at radius 2 is 1.64 bits per heavy atom. The van der Waals surface area contributed by atoms with E-state index >= 15 is 0 Å². The van der Waals surface area contributed by atoms with Gasteiger partial charge in [-0.3, -0.25) is 4.79 Å². The zero-order valence-electron chi connectivity index (χ0n) is 13.8.